The molecule has 0 aliphatic carbocycles. The number of amides is 1. The second kappa shape index (κ2) is 8.12. The largest absolute Gasteiger partial charge is 0.507 e. The molecule has 7 nitrogen and oxygen atoms in total. The van der Waals surface area contributed by atoms with Crippen molar-refractivity contribution in [3.05, 3.63) is 82.7 Å². The number of hydrogen-bond donors (Lipinski definition) is 1. The molecule has 0 bridgehead atoms. The average molecular weight is 428 g/mol. The van der Waals surface area contributed by atoms with Crippen LogP contribution in [0, 0.1) is 0 Å². The molecule has 1 amide bonds. The summed E-state index contributed by atoms with van der Waals surface area (Å²) in [5.74, 6) is -0.708. The lowest BCUT2D eigenvalue weighted by Crippen LogP contribution is -2.28. The van der Waals surface area contributed by atoms with Gasteiger partial charge in [-0.2, -0.15) is 0 Å². The lowest BCUT2D eigenvalue weighted by molar-refractivity contribution is -0.140. The molecule has 1 atom stereocenters. The average Bonchev–Trinajstić information content (AvgIpc) is 3.48. The van der Waals surface area contributed by atoms with Crippen molar-refractivity contribution in [1.29, 1.82) is 0 Å². The van der Waals surface area contributed by atoms with Crippen LogP contribution < -0.4 is 4.74 Å². The zero-order valence-electron chi connectivity index (χ0n) is 16.0. The van der Waals surface area contributed by atoms with Gasteiger partial charge in [0, 0.05) is 5.56 Å². The van der Waals surface area contributed by atoms with E-state index >= 15 is 0 Å². The van der Waals surface area contributed by atoms with Crippen LogP contribution in [0.3, 0.4) is 0 Å². The normalized spacial score (nSPS) is 18.2. The third-order valence-electron chi connectivity index (χ3n) is 4.76. The Kier molecular flexibility index (Phi) is 5.37. The quantitative estimate of drug-likeness (QED) is 0.352. The predicted octanol–water partition coefficient (Wildman–Crippen LogP) is 4.55. The first kappa shape index (κ1) is 19.8. The van der Waals surface area contributed by atoms with Gasteiger partial charge in [-0.25, -0.2) is 0 Å². The van der Waals surface area contributed by atoms with Crippen molar-refractivity contribution >= 4 is 29.1 Å². The van der Waals surface area contributed by atoms with Crippen molar-refractivity contribution in [3.8, 4) is 5.75 Å². The Morgan fingerprint density at radius 1 is 1.17 bits per heavy atom. The van der Waals surface area contributed by atoms with E-state index in [9.17, 15) is 14.7 Å². The number of furan rings is 2. The van der Waals surface area contributed by atoms with Gasteiger partial charge in [-0.05, 0) is 49.4 Å². The molecule has 0 spiro atoms. The van der Waals surface area contributed by atoms with Crippen molar-refractivity contribution in [3.63, 3.8) is 0 Å². The van der Waals surface area contributed by atoms with Gasteiger partial charge in [0.1, 0.15) is 29.1 Å². The van der Waals surface area contributed by atoms with E-state index in [1.165, 1.54) is 23.5 Å². The number of Topliss-reactive ketones (excluding diaryl/α,β-unsaturated/α-hetero) is 1. The minimum absolute atomic E-state index is 0.0342. The van der Waals surface area contributed by atoms with Gasteiger partial charge in [0.15, 0.2) is 0 Å². The summed E-state index contributed by atoms with van der Waals surface area (Å²) in [6, 6.07) is 10.5. The number of rotatable bonds is 6. The van der Waals surface area contributed by atoms with Crippen molar-refractivity contribution in [1.82, 2.24) is 4.90 Å². The SMILES string of the molecule is CCOc1ccc(Cl)c(/C(O)=C2/C(=O)C(=O)N(Cc3ccco3)C2c2ccco2)c1. The summed E-state index contributed by atoms with van der Waals surface area (Å²) in [5.41, 5.74) is 0.0761. The molecule has 1 aliphatic heterocycles. The van der Waals surface area contributed by atoms with E-state index in [1.54, 1.807) is 36.4 Å². The van der Waals surface area contributed by atoms with Gasteiger partial charge in [0.2, 0.25) is 0 Å². The summed E-state index contributed by atoms with van der Waals surface area (Å²) in [6.45, 7) is 2.28. The molecule has 154 valence electrons. The molecule has 1 N–H and O–H groups in total. The molecule has 3 heterocycles. The van der Waals surface area contributed by atoms with Crippen LogP contribution in [0.25, 0.3) is 5.76 Å². The van der Waals surface area contributed by atoms with E-state index in [0.29, 0.717) is 23.9 Å². The van der Waals surface area contributed by atoms with E-state index < -0.39 is 23.5 Å². The summed E-state index contributed by atoms with van der Waals surface area (Å²) < 4.78 is 16.3. The van der Waals surface area contributed by atoms with Crippen LogP contribution in [0.1, 0.15) is 30.0 Å². The second-order valence-corrected chi connectivity index (χ2v) is 7.00. The standard InChI is InChI=1S/C22H18ClNO6/c1-2-28-13-7-8-16(23)15(11-13)20(25)18-19(17-6-4-10-30-17)24(22(27)21(18)26)12-14-5-3-9-29-14/h3-11,19,25H,2,12H2,1H3/b20-18-. The highest BCUT2D eigenvalue weighted by Crippen LogP contribution is 2.41. The first-order valence-corrected chi connectivity index (χ1v) is 9.66. The Bertz CT molecular complexity index is 1100. The van der Waals surface area contributed by atoms with E-state index in [-0.39, 0.29) is 22.7 Å². The topological polar surface area (TPSA) is 93.1 Å². The molecule has 1 aromatic carbocycles. The Morgan fingerprint density at radius 3 is 2.60 bits per heavy atom. The molecule has 30 heavy (non-hydrogen) atoms. The maximum atomic E-state index is 12.9. The Labute approximate surface area is 177 Å². The van der Waals surface area contributed by atoms with Gasteiger partial charge in [0.05, 0.1) is 36.3 Å². The minimum atomic E-state index is -0.933. The van der Waals surface area contributed by atoms with E-state index in [0.717, 1.165) is 0 Å². The molecule has 8 heteroatoms. The maximum Gasteiger partial charge on any atom is 0.296 e. The number of ether oxygens (including phenoxy) is 1. The van der Waals surface area contributed by atoms with Crippen LogP contribution in [0.15, 0.2) is 69.4 Å². The fraction of sp³-hybridized carbons (Fsp3) is 0.182. The van der Waals surface area contributed by atoms with Gasteiger partial charge in [-0.15, -0.1) is 0 Å². The van der Waals surface area contributed by atoms with Crippen molar-refractivity contribution in [2.24, 2.45) is 0 Å². The number of carbonyl (C=O) groups excluding carboxylic acids is 2. The monoisotopic (exact) mass is 427 g/mol. The molecule has 4 rings (SSSR count). The minimum Gasteiger partial charge on any atom is -0.507 e. The molecule has 1 aliphatic rings. The van der Waals surface area contributed by atoms with Crippen LogP contribution in [-0.4, -0.2) is 28.3 Å². The Morgan fingerprint density at radius 2 is 1.93 bits per heavy atom. The zero-order chi connectivity index (χ0) is 21.3. The molecule has 1 saturated heterocycles. The number of halogens is 1. The smallest absolute Gasteiger partial charge is 0.296 e. The van der Waals surface area contributed by atoms with Crippen LogP contribution >= 0.6 is 11.6 Å². The third-order valence-corrected chi connectivity index (χ3v) is 5.09. The van der Waals surface area contributed by atoms with Crippen LogP contribution in [0.2, 0.25) is 5.02 Å². The van der Waals surface area contributed by atoms with Gasteiger partial charge >= 0.3 is 0 Å². The Balaban J connectivity index is 1.85. The van der Waals surface area contributed by atoms with Gasteiger partial charge < -0.3 is 23.6 Å². The first-order chi connectivity index (χ1) is 14.5. The fourth-order valence-electron chi connectivity index (χ4n) is 3.44. The van der Waals surface area contributed by atoms with Crippen molar-refractivity contribution < 1.29 is 28.3 Å². The highest BCUT2D eigenvalue weighted by Gasteiger charge is 2.47. The molecule has 3 aromatic rings. The Hall–Kier alpha value is -3.45. The lowest BCUT2D eigenvalue weighted by Gasteiger charge is -2.22. The summed E-state index contributed by atoms with van der Waals surface area (Å²) >= 11 is 6.28. The number of aliphatic hydroxyl groups excluding tert-OH is 1. The van der Waals surface area contributed by atoms with Crippen LogP contribution in [-0.2, 0) is 16.1 Å². The molecule has 1 unspecified atom stereocenters. The summed E-state index contributed by atoms with van der Waals surface area (Å²) in [5, 5.41) is 11.3. The fourth-order valence-corrected chi connectivity index (χ4v) is 3.65. The molecule has 1 fully saturated rings. The maximum absolute atomic E-state index is 12.9. The number of nitrogens with zero attached hydrogens (tertiary/aromatic N) is 1. The number of aliphatic hydroxyl groups is 1. The highest BCUT2D eigenvalue weighted by molar-refractivity contribution is 6.46. The summed E-state index contributed by atoms with van der Waals surface area (Å²) in [4.78, 5) is 27.1. The molecular weight excluding hydrogens is 410 g/mol. The van der Waals surface area contributed by atoms with Crippen LogP contribution in [0.4, 0.5) is 0 Å². The number of benzene rings is 1. The van der Waals surface area contributed by atoms with Crippen LogP contribution in [0.5, 0.6) is 5.75 Å². The van der Waals surface area contributed by atoms with Crippen molar-refractivity contribution in [2.75, 3.05) is 6.61 Å². The zero-order valence-corrected chi connectivity index (χ0v) is 16.8. The van der Waals surface area contributed by atoms with Gasteiger partial charge in [0.25, 0.3) is 11.7 Å². The molecule has 2 aromatic heterocycles. The van der Waals surface area contributed by atoms with Gasteiger partial charge in [-0.3, -0.25) is 9.59 Å². The lowest BCUT2D eigenvalue weighted by atomic mass is 9.99. The van der Waals surface area contributed by atoms with E-state index in [2.05, 4.69) is 0 Å². The summed E-state index contributed by atoms with van der Waals surface area (Å²) in [7, 11) is 0. The number of carbonyl (C=O) groups is 2. The highest BCUT2D eigenvalue weighted by atomic mass is 35.5. The number of ketones is 1. The third kappa shape index (κ3) is 3.48. The number of hydrogen-bond acceptors (Lipinski definition) is 6. The molecule has 0 radical (unpaired) electrons. The van der Waals surface area contributed by atoms with E-state index in [4.69, 9.17) is 25.2 Å². The summed E-state index contributed by atoms with van der Waals surface area (Å²) in [6.07, 6.45) is 2.91. The van der Waals surface area contributed by atoms with Crippen molar-refractivity contribution in [2.45, 2.75) is 19.5 Å². The molecule has 0 saturated carbocycles. The van der Waals surface area contributed by atoms with Gasteiger partial charge in [-0.1, -0.05) is 11.6 Å². The predicted molar refractivity (Wildman–Crippen MR) is 108 cm³/mol. The number of likely N-dealkylation sites (tertiary alicyclic amines) is 1. The first-order valence-electron chi connectivity index (χ1n) is 9.28. The van der Waals surface area contributed by atoms with E-state index in [1.807, 2.05) is 6.92 Å². The molecular formula is C22H18ClNO6. The second-order valence-electron chi connectivity index (χ2n) is 6.60.